The fourth-order valence-corrected chi connectivity index (χ4v) is 2.33. The SMILES string of the molecule is CCOc1cccc(CC(C=O)c2cccc(C)c2)c1. The number of aldehydes is 1. The molecule has 2 heteroatoms. The maximum absolute atomic E-state index is 11.4. The van der Waals surface area contributed by atoms with E-state index in [1.807, 2.05) is 56.3 Å². The van der Waals surface area contributed by atoms with Gasteiger partial charge in [-0.25, -0.2) is 0 Å². The highest BCUT2D eigenvalue weighted by Gasteiger charge is 2.12. The molecule has 0 aliphatic carbocycles. The van der Waals surface area contributed by atoms with Crippen molar-refractivity contribution in [3.05, 3.63) is 65.2 Å². The van der Waals surface area contributed by atoms with Gasteiger partial charge in [-0.15, -0.1) is 0 Å². The molecule has 1 unspecified atom stereocenters. The topological polar surface area (TPSA) is 26.3 Å². The Morgan fingerprint density at radius 1 is 1.15 bits per heavy atom. The van der Waals surface area contributed by atoms with E-state index in [4.69, 9.17) is 4.74 Å². The van der Waals surface area contributed by atoms with Crippen LogP contribution in [0.1, 0.15) is 29.5 Å². The third-order valence-electron chi connectivity index (χ3n) is 3.30. The number of rotatable bonds is 6. The molecule has 0 heterocycles. The molecule has 2 rings (SSSR count). The van der Waals surface area contributed by atoms with Crippen LogP contribution in [0.2, 0.25) is 0 Å². The molecule has 2 nitrogen and oxygen atoms in total. The maximum Gasteiger partial charge on any atom is 0.127 e. The van der Waals surface area contributed by atoms with E-state index < -0.39 is 0 Å². The maximum atomic E-state index is 11.4. The van der Waals surface area contributed by atoms with Crippen molar-refractivity contribution in [1.82, 2.24) is 0 Å². The van der Waals surface area contributed by atoms with Crippen LogP contribution in [0, 0.1) is 6.92 Å². The Morgan fingerprint density at radius 3 is 2.65 bits per heavy atom. The lowest BCUT2D eigenvalue weighted by molar-refractivity contribution is -0.109. The van der Waals surface area contributed by atoms with Crippen LogP contribution < -0.4 is 4.74 Å². The van der Waals surface area contributed by atoms with E-state index in [9.17, 15) is 4.79 Å². The first kappa shape index (κ1) is 14.3. The molecule has 0 radical (unpaired) electrons. The molecule has 104 valence electrons. The van der Waals surface area contributed by atoms with Crippen LogP contribution in [-0.2, 0) is 11.2 Å². The molecule has 0 spiro atoms. The van der Waals surface area contributed by atoms with E-state index in [0.29, 0.717) is 13.0 Å². The second kappa shape index (κ2) is 6.90. The Kier molecular flexibility index (Phi) is 4.94. The fourth-order valence-electron chi connectivity index (χ4n) is 2.33. The summed E-state index contributed by atoms with van der Waals surface area (Å²) in [6, 6.07) is 16.1. The van der Waals surface area contributed by atoms with Gasteiger partial charge in [-0.2, -0.15) is 0 Å². The first-order valence-electron chi connectivity index (χ1n) is 6.96. The van der Waals surface area contributed by atoms with Crippen LogP contribution in [0.25, 0.3) is 0 Å². The third-order valence-corrected chi connectivity index (χ3v) is 3.30. The number of aryl methyl sites for hydroxylation is 1. The molecule has 2 aromatic carbocycles. The number of hydrogen-bond acceptors (Lipinski definition) is 2. The van der Waals surface area contributed by atoms with Gasteiger partial charge in [0.25, 0.3) is 0 Å². The minimum absolute atomic E-state index is 0.105. The summed E-state index contributed by atoms with van der Waals surface area (Å²) >= 11 is 0. The largest absolute Gasteiger partial charge is 0.494 e. The molecule has 0 aliphatic heterocycles. The molecule has 1 atom stereocenters. The fraction of sp³-hybridized carbons (Fsp3) is 0.278. The first-order valence-corrected chi connectivity index (χ1v) is 6.96. The van der Waals surface area contributed by atoms with Crippen molar-refractivity contribution in [2.75, 3.05) is 6.61 Å². The smallest absolute Gasteiger partial charge is 0.127 e. The lowest BCUT2D eigenvalue weighted by Crippen LogP contribution is -2.05. The third kappa shape index (κ3) is 3.70. The Bertz CT molecular complexity index is 575. The highest BCUT2D eigenvalue weighted by atomic mass is 16.5. The van der Waals surface area contributed by atoms with Crippen molar-refractivity contribution < 1.29 is 9.53 Å². The van der Waals surface area contributed by atoms with Gasteiger partial charge in [0.05, 0.1) is 6.61 Å². The van der Waals surface area contributed by atoms with Gasteiger partial charge in [0.2, 0.25) is 0 Å². The van der Waals surface area contributed by atoms with E-state index >= 15 is 0 Å². The summed E-state index contributed by atoms with van der Waals surface area (Å²) in [6.07, 6.45) is 1.73. The highest BCUT2D eigenvalue weighted by Crippen LogP contribution is 2.22. The van der Waals surface area contributed by atoms with Crippen molar-refractivity contribution in [2.24, 2.45) is 0 Å². The minimum Gasteiger partial charge on any atom is -0.494 e. The number of hydrogen-bond donors (Lipinski definition) is 0. The molecule has 0 saturated heterocycles. The average Bonchev–Trinajstić information content (AvgIpc) is 2.45. The van der Waals surface area contributed by atoms with Crippen LogP contribution in [0.4, 0.5) is 0 Å². The van der Waals surface area contributed by atoms with Gasteiger partial charge < -0.3 is 9.53 Å². The lowest BCUT2D eigenvalue weighted by atomic mass is 9.92. The lowest BCUT2D eigenvalue weighted by Gasteiger charge is -2.12. The molecule has 0 saturated carbocycles. The van der Waals surface area contributed by atoms with Crippen molar-refractivity contribution >= 4 is 6.29 Å². The minimum atomic E-state index is -0.105. The van der Waals surface area contributed by atoms with Crippen molar-refractivity contribution in [3.8, 4) is 5.75 Å². The molecule has 0 aliphatic rings. The van der Waals surface area contributed by atoms with Crippen molar-refractivity contribution in [1.29, 1.82) is 0 Å². The van der Waals surface area contributed by atoms with Gasteiger partial charge in [-0.3, -0.25) is 0 Å². The van der Waals surface area contributed by atoms with E-state index in [0.717, 1.165) is 23.2 Å². The normalized spacial score (nSPS) is 11.9. The molecule has 0 amide bonds. The zero-order valence-electron chi connectivity index (χ0n) is 12.0. The Morgan fingerprint density at radius 2 is 1.95 bits per heavy atom. The van der Waals surface area contributed by atoms with Gasteiger partial charge in [-0.05, 0) is 43.5 Å². The van der Waals surface area contributed by atoms with Gasteiger partial charge in [0.1, 0.15) is 12.0 Å². The first-order chi connectivity index (χ1) is 9.72. The van der Waals surface area contributed by atoms with Gasteiger partial charge in [0.15, 0.2) is 0 Å². The summed E-state index contributed by atoms with van der Waals surface area (Å²) in [5.74, 6) is 0.755. The van der Waals surface area contributed by atoms with E-state index in [1.165, 1.54) is 5.56 Å². The van der Waals surface area contributed by atoms with Crippen LogP contribution in [0.3, 0.4) is 0 Å². The summed E-state index contributed by atoms with van der Waals surface area (Å²) in [4.78, 5) is 11.4. The second-order valence-corrected chi connectivity index (χ2v) is 4.94. The number of benzene rings is 2. The zero-order chi connectivity index (χ0) is 14.4. The summed E-state index contributed by atoms with van der Waals surface area (Å²) < 4.78 is 5.50. The summed E-state index contributed by atoms with van der Waals surface area (Å²) in [6.45, 7) is 4.66. The predicted octanol–water partition coefficient (Wildman–Crippen LogP) is 3.92. The van der Waals surface area contributed by atoms with Crippen molar-refractivity contribution in [3.63, 3.8) is 0 Å². The standard InChI is InChI=1S/C18H20O2/c1-3-20-18-9-5-7-15(12-18)11-17(13-19)16-8-4-6-14(2)10-16/h4-10,12-13,17H,3,11H2,1-2H3. The Labute approximate surface area is 120 Å². The molecular weight excluding hydrogens is 248 g/mol. The summed E-state index contributed by atoms with van der Waals surface area (Å²) in [7, 11) is 0. The predicted molar refractivity (Wildman–Crippen MR) is 81.3 cm³/mol. The monoisotopic (exact) mass is 268 g/mol. The van der Waals surface area contributed by atoms with Crippen LogP contribution in [-0.4, -0.2) is 12.9 Å². The summed E-state index contributed by atoms with van der Waals surface area (Å²) in [5.41, 5.74) is 3.37. The Balaban J connectivity index is 2.18. The number of carbonyl (C=O) groups excluding carboxylic acids is 1. The van der Waals surface area contributed by atoms with E-state index in [2.05, 4.69) is 6.07 Å². The number of carbonyl (C=O) groups is 1. The van der Waals surface area contributed by atoms with E-state index in [1.54, 1.807) is 0 Å². The van der Waals surface area contributed by atoms with Crippen molar-refractivity contribution in [2.45, 2.75) is 26.2 Å². The second-order valence-electron chi connectivity index (χ2n) is 4.94. The van der Waals surface area contributed by atoms with Crippen LogP contribution >= 0.6 is 0 Å². The molecule has 2 aromatic rings. The molecule has 0 bridgehead atoms. The summed E-state index contributed by atoms with van der Waals surface area (Å²) in [5, 5.41) is 0. The highest BCUT2D eigenvalue weighted by molar-refractivity contribution is 5.63. The van der Waals surface area contributed by atoms with Crippen LogP contribution in [0.15, 0.2) is 48.5 Å². The van der Waals surface area contributed by atoms with Gasteiger partial charge in [-0.1, -0.05) is 42.0 Å². The molecular formula is C18H20O2. The molecule has 20 heavy (non-hydrogen) atoms. The van der Waals surface area contributed by atoms with Gasteiger partial charge in [0, 0.05) is 5.92 Å². The number of ether oxygens (including phenoxy) is 1. The molecule has 0 aromatic heterocycles. The van der Waals surface area contributed by atoms with Gasteiger partial charge >= 0.3 is 0 Å². The Hall–Kier alpha value is -2.09. The quantitative estimate of drug-likeness (QED) is 0.742. The molecule has 0 fully saturated rings. The molecule has 0 N–H and O–H groups in total. The van der Waals surface area contributed by atoms with Crippen LogP contribution in [0.5, 0.6) is 5.75 Å². The average molecular weight is 268 g/mol. The van der Waals surface area contributed by atoms with E-state index in [-0.39, 0.29) is 5.92 Å². The zero-order valence-corrected chi connectivity index (χ0v) is 12.0.